The molecule has 0 saturated carbocycles. The molecule has 0 aliphatic heterocycles. The van der Waals surface area contributed by atoms with Crippen LogP contribution in [0.2, 0.25) is 0 Å². The van der Waals surface area contributed by atoms with E-state index in [1.807, 2.05) is 43.5 Å². The molecule has 2 aromatic rings. The molecule has 0 aliphatic carbocycles. The number of anilines is 1. The van der Waals surface area contributed by atoms with Crippen LogP contribution < -0.4 is 5.32 Å². The summed E-state index contributed by atoms with van der Waals surface area (Å²) in [5, 5.41) is 14.9. The van der Waals surface area contributed by atoms with Gasteiger partial charge in [0.15, 0.2) is 0 Å². The van der Waals surface area contributed by atoms with Crippen molar-refractivity contribution in [1.82, 2.24) is 4.98 Å². The molecule has 4 heteroatoms. The van der Waals surface area contributed by atoms with Crippen molar-refractivity contribution in [2.75, 3.05) is 5.32 Å². The highest BCUT2D eigenvalue weighted by Crippen LogP contribution is 2.19. The van der Waals surface area contributed by atoms with E-state index >= 15 is 0 Å². The topological polar surface area (TPSA) is 48.7 Å². The van der Waals surface area contributed by atoms with Crippen LogP contribution in [-0.2, 0) is 0 Å². The minimum atomic E-state index is 0.550. The lowest BCUT2D eigenvalue weighted by Crippen LogP contribution is -1.91. The van der Waals surface area contributed by atoms with E-state index in [1.54, 1.807) is 6.20 Å². The summed E-state index contributed by atoms with van der Waals surface area (Å²) in [5.41, 5.74) is 3.65. The van der Waals surface area contributed by atoms with Gasteiger partial charge in [-0.05, 0) is 26.0 Å². The zero-order chi connectivity index (χ0) is 13.0. The summed E-state index contributed by atoms with van der Waals surface area (Å²) in [6, 6.07) is 10.2. The SMILES string of the molecule is Cc1ccc(N/C=C(\C#N)c2nc(C)cs2)cc1. The molecule has 0 spiro atoms. The summed E-state index contributed by atoms with van der Waals surface area (Å²) >= 11 is 1.48. The summed E-state index contributed by atoms with van der Waals surface area (Å²) in [5.74, 6) is 0. The van der Waals surface area contributed by atoms with Crippen molar-refractivity contribution in [2.24, 2.45) is 0 Å². The first-order chi connectivity index (χ1) is 8.69. The number of hydrogen-bond acceptors (Lipinski definition) is 4. The zero-order valence-corrected chi connectivity index (χ0v) is 11.1. The zero-order valence-electron chi connectivity index (χ0n) is 10.3. The number of nitriles is 1. The Kier molecular flexibility index (Phi) is 3.75. The summed E-state index contributed by atoms with van der Waals surface area (Å²) in [6.07, 6.45) is 1.70. The van der Waals surface area contributed by atoms with E-state index in [2.05, 4.69) is 16.4 Å². The van der Waals surface area contributed by atoms with Crippen molar-refractivity contribution in [3.05, 3.63) is 52.1 Å². The van der Waals surface area contributed by atoms with Gasteiger partial charge in [0.25, 0.3) is 0 Å². The highest BCUT2D eigenvalue weighted by atomic mass is 32.1. The number of rotatable bonds is 3. The van der Waals surface area contributed by atoms with E-state index < -0.39 is 0 Å². The maximum atomic E-state index is 9.12. The van der Waals surface area contributed by atoms with Crippen molar-refractivity contribution in [1.29, 1.82) is 5.26 Å². The molecule has 0 unspecified atom stereocenters. The Morgan fingerprint density at radius 3 is 2.61 bits per heavy atom. The average Bonchev–Trinajstić information content (AvgIpc) is 2.79. The molecule has 1 N–H and O–H groups in total. The van der Waals surface area contributed by atoms with Gasteiger partial charge < -0.3 is 5.32 Å². The third kappa shape index (κ3) is 2.96. The second-order valence-corrected chi connectivity index (χ2v) is 4.83. The van der Waals surface area contributed by atoms with Crippen molar-refractivity contribution in [3.8, 4) is 6.07 Å². The van der Waals surface area contributed by atoms with Gasteiger partial charge in [0.1, 0.15) is 16.6 Å². The molecular weight excluding hydrogens is 242 g/mol. The molecule has 3 nitrogen and oxygen atoms in total. The summed E-state index contributed by atoms with van der Waals surface area (Å²) in [7, 11) is 0. The fourth-order valence-electron chi connectivity index (χ4n) is 1.42. The first-order valence-electron chi connectivity index (χ1n) is 5.55. The number of aromatic nitrogens is 1. The third-order valence-electron chi connectivity index (χ3n) is 2.40. The second kappa shape index (κ2) is 5.48. The van der Waals surface area contributed by atoms with Crippen molar-refractivity contribution in [2.45, 2.75) is 13.8 Å². The van der Waals surface area contributed by atoms with Gasteiger partial charge in [0.2, 0.25) is 0 Å². The van der Waals surface area contributed by atoms with Crippen molar-refractivity contribution < 1.29 is 0 Å². The second-order valence-electron chi connectivity index (χ2n) is 3.97. The number of nitrogens with one attached hydrogen (secondary N) is 1. The fraction of sp³-hybridized carbons (Fsp3) is 0.143. The van der Waals surface area contributed by atoms with Crippen LogP contribution in [0.4, 0.5) is 5.69 Å². The third-order valence-corrected chi connectivity index (χ3v) is 3.40. The Morgan fingerprint density at radius 1 is 1.33 bits per heavy atom. The minimum absolute atomic E-state index is 0.550. The van der Waals surface area contributed by atoms with Gasteiger partial charge in [-0.3, -0.25) is 0 Å². The van der Waals surface area contributed by atoms with Gasteiger partial charge >= 0.3 is 0 Å². The van der Waals surface area contributed by atoms with Crippen LogP contribution in [0.3, 0.4) is 0 Å². The highest BCUT2D eigenvalue weighted by Gasteiger charge is 2.04. The van der Waals surface area contributed by atoms with Crippen LogP contribution in [0, 0.1) is 25.2 Å². The molecule has 1 heterocycles. The largest absolute Gasteiger partial charge is 0.360 e. The molecule has 0 amide bonds. The van der Waals surface area contributed by atoms with Crippen LogP contribution in [0.1, 0.15) is 16.3 Å². The standard InChI is InChI=1S/C14H13N3S/c1-10-3-5-13(6-4-10)16-8-12(7-15)14-17-11(2)9-18-14/h3-6,8-9,16H,1-2H3/b12-8+. The molecule has 1 aromatic carbocycles. The van der Waals surface area contributed by atoms with Gasteiger partial charge in [0.05, 0.1) is 0 Å². The first-order valence-corrected chi connectivity index (χ1v) is 6.43. The van der Waals surface area contributed by atoms with Crippen molar-refractivity contribution in [3.63, 3.8) is 0 Å². The fourth-order valence-corrected chi connectivity index (χ4v) is 2.19. The number of aryl methyl sites for hydroxylation is 2. The van der Waals surface area contributed by atoms with Crippen molar-refractivity contribution >= 4 is 22.6 Å². The lowest BCUT2D eigenvalue weighted by Gasteiger charge is -2.01. The molecule has 0 aliphatic rings. The Hall–Kier alpha value is -2.12. The average molecular weight is 255 g/mol. The number of benzene rings is 1. The quantitative estimate of drug-likeness (QED) is 0.850. The van der Waals surface area contributed by atoms with E-state index in [0.717, 1.165) is 16.4 Å². The van der Waals surface area contributed by atoms with Crippen LogP contribution in [0.25, 0.3) is 5.57 Å². The van der Waals surface area contributed by atoms with Gasteiger partial charge in [-0.2, -0.15) is 5.26 Å². The molecule has 90 valence electrons. The Labute approximate surface area is 110 Å². The maximum absolute atomic E-state index is 9.12. The maximum Gasteiger partial charge on any atom is 0.135 e. The van der Waals surface area contributed by atoms with E-state index in [9.17, 15) is 0 Å². The number of hydrogen-bond donors (Lipinski definition) is 1. The highest BCUT2D eigenvalue weighted by molar-refractivity contribution is 7.10. The molecule has 18 heavy (non-hydrogen) atoms. The molecule has 0 radical (unpaired) electrons. The lowest BCUT2D eigenvalue weighted by atomic mass is 10.2. The molecular formula is C14H13N3S. The monoisotopic (exact) mass is 255 g/mol. The molecule has 0 atom stereocenters. The number of allylic oxidation sites excluding steroid dienone is 1. The Balaban J connectivity index is 2.16. The summed E-state index contributed by atoms with van der Waals surface area (Å²) in [4.78, 5) is 4.30. The Morgan fingerprint density at radius 2 is 2.06 bits per heavy atom. The molecule has 1 aromatic heterocycles. The molecule has 2 rings (SSSR count). The normalized spacial score (nSPS) is 11.1. The smallest absolute Gasteiger partial charge is 0.135 e. The van der Waals surface area contributed by atoms with Crippen LogP contribution >= 0.6 is 11.3 Å². The molecule has 0 fully saturated rings. The van der Waals surface area contributed by atoms with E-state index in [0.29, 0.717) is 5.57 Å². The summed E-state index contributed by atoms with van der Waals surface area (Å²) in [6.45, 7) is 3.96. The summed E-state index contributed by atoms with van der Waals surface area (Å²) < 4.78 is 0. The number of nitrogens with zero attached hydrogens (tertiary/aromatic N) is 2. The lowest BCUT2D eigenvalue weighted by molar-refractivity contribution is 1.24. The van der Waals surface area contributed by atoms with Gasteiger partial charge in [-0.25, -0.2) is 4.98 Å². The first kappa shape index (κ1) is 12.3. The Bertz CT molecular complexity index is 603. The van der Waals surface area contributed by atoms with E-state index in [1.165, 1.54) is 16.9 Å². The molecule has 0 bridgehead atoms. The number of thiazole rings is 1. The van der Waals surface area contributed by atoms with Gasteiger partial charge in [0, 0.05) is 23.0 Å². The van der Waals surface area contributed by atoms with Gasteiger partial charge in [-0.15, -0.1) is 11.3 Å². The predicted octanol–water partition coefficient (Wildman–Crippen LogP) is 3.74. The van der Waals surface area contributed by atoms with E-state index in [-0.39, 0.29) is 0 Å². The van der Waals surface area contributed by atoms with Gasteiger partial charge in [-0.1, -0.05) is 17.7 Å². The van der Waals surface area contributed by atoms with Crippen LogP contribution in [-0.4, -0.2) is 4.98 Å². The predicted molar refractivity (Wildman–Crippen MR) is 75.2 cm³/mol. The van der Waals surface area contributed by atoms with Crippen LogP contribution in [0.15, 0.2) is 35.8 Å². The van der Waals surface area contributed by atoms with Crippen LogP contribution in [0.5, 0.6) is 0 Å². The van der Waals surface area contributed by atoms with E-state index in [4.69, 9.17) is 5.26 Å². The molecule has 0 saturated heterocycles. The minimum Gasteiger partial charge on any atom is -0.360 e.